The van der Waals surface area contributed by atoms with E-state index in [-0.39, 0.29) is 10.8 Å². The zero-order valence-electron chi connectivity index (χ0n) is 9.72. The summed E-state index contributed by atoms with van der Waals surface area (Å²) >= 11 is 9.72. The monoisotopic (exact) mass is 302 g/mol. The predicted octanol–water partition coefficient (Wildman–Crippen LogP) is 3.97. The lowest BCUT2D eigenvalue weighted by molar-refractivity contribution is 0.168. The number of pyridine rings is 1. The van der Waals surface area contributed by atoms with Gasteiger partial charge < -0.3 is 5.32 Å². The molecule has 0 radical (unpaired) electrons. The van der Waals surface area contributed by atoms with Gasteiger partial charge in [-0.25, -0.2) is 4.98 Å². The maximum Gasteiger partial charge on any atom is 0.140 e. The van der Waals surface area contributed by atoms with Crippen LogP contribution in [0.2, 0.25) is 0 Å². The second-order valence-corrected chi connectivity index (χ2v) is 6.45. The molecule has 0 spiro atoms. The van der Waals surface area contributed by atoms with Crippen molar-refractivity contribution in [3.05, 3.63) is 22.3 Å². The number of hydrogen-bond acceptors (Lipinski definition) is 2. The number of aromatic nitrogens is 1. The fourth-order valence-corrected chi connectivity index (χ4v) is 2.83. The molecule has 1 N–H and O–H groups in total. The minimum Gasteiger partial charge on any atom is -0.366 e. The number of anilines is 1. The number of rotatable bonds is 2. The van der Waals surface area contributed by atoms with Gasteiger partial charge >= 0.3 is 0 Å². The third-order valence-corrected chi connectivity index (χ3v) is 4.78. The summed E-state index contributed by atoms with van der Waals surface area (Å²) in [6, 6.07) is 2.47. The lowest BCUT2D eigenvalue weighted by Gasteiger charge is -2.49. The van der Waals surface area contributed by atoms with Gasteiger partial charge in [-0.3, -0.25) is 0 Å². The predicted molar refractivity (Wildman–Crippen MR) is 72.1 cm³/mol. The van der Waals surface area contributed by atoms with Crippen LogP contribution in [0.5, 0.6) is 0 Å². The van der Waals surface area contributed by atoms with Crippen molar-refractivity contribution in [2.75, 3.05) is 5.32 Å². The maximum absolute atomic E-state index is 6.19. The molecule has 2 unspecified atom stereocenters. The molecule has 0 saturated heterocycles. The van der Waals surface area contributed by atoms with E-state index in [4.69, 9.17) is 11.6 Å². The third kappa shape index (κ3) is 2.07. The molecule has 4 heteroatoms. The highest BCUT2D eigenvalue weighted by Gasteiger charge is 2.47. The molecule has 1 aromatic rings. The molecule has 0 amide bonds. The van der Waals surface area contributed by atoms with Gasteiger partial charge in [-0.15, -0.1) is 11.6 Å². The molecular formula is C12H16BrClN2. The van der Waals surface area contributed by atoms with E-state index in [0.29, 0.717) is 6.04 Å². The van der Waals surface area contributed by atoms with Gasteiger partial charge in [-0.05, 0) is 40.9 Å². The fraction of sp³-hybridized carbons (Fsp3) is 0.583. The first-order valence-corrected chi connectivity index (χ1v) is 6.67. The van der Waals surface area contributed by atoms with E-state index in [0.717, 1.165) is 22.3 Å². The summed E-state index contributed by atoms with van der Waals surface area (Å²) in [4.78, 5) is 4.39. The van der Waals surface area contributed by atoms with Crippen molar-refractivity contribution in [2.45, 2.75) is 38.6 Å². The van der Waals surface area contributed by atoms with Gasteiger partial charge in [0.1, 0.15) is 5.82 Å². The van der Waals surface area contributed by atoms with E-state index in [1.165, 1.54) is 0 Å². The Kier molecular flexibility index (Phi) is 3.19. The highest BCUT2D eigenvalue weighted by molar-refractivity contribution is 9.10. The van der Waals surface area contributed by atoms with Crippen molar-refractivity contribution in [1.29, 1.82) is 0 Å². The van der Waals surface area contributed by atoms with Gasteiger partial charge in [0.05, 0.1) is 4.47 Å². The van der Waals surface area contributed by atoms with Crippen LogP contribution in [0.1, 0.15) is 25.8 Å². The molecule has 88 valence electrons. The lowest BCUT2D eigenvalue weighted by atomic mass is 9.67. The molecule has 1 fully saturated rings. The smallest absolute Gasteiger partial charge is 0.140 e. The van der Waals surface area contributed by atoms with E-state index in [2.05, 4.69) is 46.1 Å². The Morgan fingerprint density at radius 3 is 2.75 bits per heavy atom. The van der Waals surface area contributed by atoms with Crippen LogP contribution >= 0.6 is 27.5 Å². The van der Waals surface area contributed by atoms with Crippen molar-refractivity contribution in [1.82, 2.24) is 4.98 Å². The Morgan fingerprint density at radius 1 is 1.56 bits per heavy atom. The minimum absolute atomic E-state index is 0.133. The van der Waals surface area contributed by atoms with Crippen molar-refractivity contribution in [3.8, 4) is 0 Å². The van der Waals surface area contributed by atoms with E-state index < -0.39 is 0 Å². The normalized spacial score (nSPS) is 27.3. The molecule has 16 heavy (non-hydrogen) atoms. The van der Waals surface area contributed by atoms with Gasteiger partial charge in [0, 0.05) is 23.0 Å². The highest BCUT2D eigenvalue weighted by Crippen LogP contribution is 2.46. The van der Waals surface area contributed by atoms with Crippen LogP contribution in [-0.4, -0.2) is 16.4 Å². The first kappa shape index (κ1) is 12.2. The van der Waals surface area contributed by atoms with Gasteiger partial charge in [0.2, 0.25) is 0 Å². The van der Waals surface area contributed by atoms with Gasteiger partial charge in [-0.2, -0.15) is 0 Å². The van der Waals surface area contributed by atoms with Gasteiger partial charge in [0.15, 0.2) is 0 Å². The van der Waals surface area contributed by atoms with Crippen molar-refractivity contribution >= 4 is 33.3 Å². The Balaban J connectivity index is 2.11. The zero-order chi connectivity index (χ0) is 11.9. The van der Waals surface area contributed by atoms with Crippen LogP contribution in [0.4, 0.5) is 5.82 Å². The number of aryl methyl sites for hydroxylation is 1. The van der Waals surface area contributed by atoms with Gasteiger partial charge in [-0.1, -0.05) is 13.8 Å². The number of alkyl halides is 1. The topological polar surface area (TPSA) is 24.9 Å². The summed E-state index contributed by atoms with van der Waals surface area (Å²) < 4.78 is 1.02. The first-order valence-electron chi connectivity index (χ1n) is 5.44. The van der Waals surface area contributed by atoms with Gasteiger partial charge in [0.25, 0.3) is 0 Å². The van der Waals surface area contributed by atoms with Crippen LogP contribution in [0.15, 0.2) is 16.7 Å². The second kappa shape index (κ2) is 4.19. The fourth-order valence-electron chi connectivity index (χ4n) is 1.92. The first-order chi connectivity index (χ1) is 7.41. The summed E-state index contributed by atoms with van der Waals surface area (Å²) in [5.74, 6) is 0.909. The number of halogens is 2. The Hall–Kier alpha value is -0.280. The van der Waals surface area contributed by atoms with Crippen LogP contribution in [0, 0.1) is 12.3 Å². The van der Waals surface area contributed by atoms with E-state index >= 15 is 0 Å². The molecule has 1 heterocycles. The summed E-state index contributed by atoms with van der Waals surface area (Å²) in [7, 11) is 0. The molecule has 0 bridgehead atoms. The zero-order valence-corrected chi connectivity index (χ0v) is 12.1. The van der Waals surface area contributed by atoms with Crippen molar-refractivity contribution in [3.63, 3.8) is 0 Å². The number of nitrogens with one attached hydrogen (secondary N) is 1. The van der Waals surface area contributed by atoms with E-state index in [9.17, 15) is 0 Å². The average molecular weight is 304 g/mol. The average Bonchev–Trinajstić information content (AvgIpc) is 2.21. The maximum atomic E-state index is 6.19. The molecule has 1 aliphatic rings. The summed E-state index contributed by atoms with van der Waals surface area (Å²) in [5.41, 5.74) is 1.29. The molecule has 2 rings (SSSR count). The van der Waals surface area contributed by atoms with Crippen LogP contribution in [0.25, 0.3) is 0 Å². The largest absolute Gasteiger partial charge is 0.366 e. The third-order valence-electron chi connectivity index (χ3n) is 3.44. The summed E-state index contributed by atoms with van der Waals surface area (Å²) in [5, 5.41) is 3.71. The second-order valence-electron chi connectivity index (χ2n) is 5.06. The van der Waals surface area contributed by atoms with E-state index in [1.54, 1.807) is 0 Å². The lowest BCUT2D eigenvalue weighted by Crippen LogP contribution is -2.54. The summed E-state index contributed by atoms with van der Waals surface area (Å²) in [6.07, 6.45) is 2.87. The highest BCUT2D eigenvalue weighted by atomic mass is 79.9. The van der Waals surface area contributed by atoms with Crippen LogP contribution in [-0.2, 0) is 0 Å². The Labute approximate surface area is 110 Å². The molecule has 0 aliphatic heterocycles. The van der Waals surface area contributed by atoms with Crippen LogP contribution in [0.3, 0.4) is 0 Å². The number of nitrogens with zero attached hydrogens (tertiary/aromatic N) is 1. The molecule has 1 aliphatic carbocycles. The minimum atomic E-state index is 0.133. The molecule has 0 aromatic carbocycles. The van der Waals surface area contributed by atoms with Crippen molar-refractivity contribution < 1.29 is 0 Å². The Morgan fingerprint density at radius 2 is 2.25 bits per heavy atom. The molecular weight excluding hydrogens is 288 g/mol. The Bertz CT molecular complexity index is 406. The SMILES string of the molecule is Cc1cnc(NC2CC(Cl)C2(C)C)c(Br)c1. The molecule has 2 nitrogen and oxygen atoms in total. The van der Waals surface area contributed by atoms with E-state index in [1.807, 2.05) is 13.1 Å². The quantitative estimate of drug-likeness (QED) is 0.836. The summed E-state index contributed by atoms with van der Waals surface area (Å²) in [6.45, 7) is 6.41. The molecule has 1 saturated carbocycles. The molecule has 2 atom stereocenters. The van der Waals surface area contributed by atoms with Crippen molar-refractivity contribution in [2.24, 2.45) is 5.41 Å². The standard InChI is InChI=1S/C12H16BrClN2/c1-7-4-8(13)11(15-6-7)16-10-5-9(14)12(10,2)3/h4,6,9-10H,5H2,1-3H3,(H,15,16). The molecule has 1 aromatic heterocycles. The number of hydrogen-bond donors (Lipinski definition) is 1. The van der Waals surface area contributed by atoms with Crippen LogP contribution < -0.4 is 5.32 Å².